The van der Waals surface area contributed by atoms with E-state index in [1.807, 2.05) is 6.07 Å². The van der Waals surface area contributed by atoms with Crippen LogP contribution in [0.5, 0.6) is 0 Å². The third-order valence-corrected chi connectivity index (χ3v) is 4.91. The van der Waals surface area contributed by atoms with Gasteiger partial charge in [0, 0.05) is 39.3 Å². The van der Waals surface area contributed by atoms with E-state index < -0.39 is 0 Å². The largest absolute Gasteiger partial charge is 0.378 e. The normalized spacial score (nSPS) is 20.9. The van der Waals surface area contributed by atoms with E-state index in [0.717, 1.165) is 69.9 Å². The van der Waals surface area contributed by atoms with Gasteiger partial charge in [0.25, 0.3) is 0 Å². The summed E-state index contributed by atoms with van der Waals surface area (Å²) in [6.45, 7) is 8.65. The van der Waals surface area contributed by atoms with Crippen LogP contribution in [-0.2, 0) is 11.2 Å². The summed E-state index contributed by atoms with van der Waals surface area (Å²) in [5.74, 6) is -0.0935. The van der Waals surface area contributed by atoms with Crippen LogP contribution in [0.1, 0.15) is 12.0 Å². The van der Waals surface area contributed by atoms with E-state index in [1.165, 1.54) is 0 Å². The molecule has 0 spiro atoms. The zero-order valence-electron chi connectivity index (χ0n) is 14.1. The molecule has 2 heterocycles. The van der Waals surface area contributed by atoms with Crippen molar-refractivity contribution in [3.63, 3.8) is 0 Å². The summed E-state index contributed by atoms with van der Waals surface area (Å²) in [7, 11) is 2.18. The van der Waals surface area contributed by atoms with Crippen molar-refractivity contribution in [2.75, 3.05) is 71.0 Å². The van der Waals surface area contributed by atoms with E-state index in [4.69, 9.17) is 4.74 Å². The number of nitrogens with zero attached hydrogens (tertiary/aromatic N) is 3. The zero-order chi connectivity index (χ0) is 16.1. The Kier molecular flexibility index (Phi) is 5.86. The molecule has 0 unspecified atom stereocenters. The van der Waals surface area contributed by atoms with Crippen LogP contribution in [-0.4, -0.2) is 75.9 Å². The molecule has 23 heavy (non-hydrogen) atoms. The minimum Gasteiger partial charge on any atom is -0.378 e. The van der Waals surface area contributed by atoms with Crippen molar-refractivity contribution in [3.8, 4) is 0 Å². The van der Waals surface area contributed by atoms with Crippen molar-refractivity contribution in [1.29, 1.82) is 0 Å². The second-order valence-electron chi connectivity index (χ2n) is 6.60. The van der Waals surface area contributed by atoms with Crippen molar-refractivity contribution in [2.45, 2.75) is 12.8 Å². The topological polar surface area (TPSA) is 19.0 Å². The van der Waals surface area contributed by atoms with E-state index in [0.29, 0.717) is 13.2 Å². The van der Waals surface area contributed by atoms with Crippen LogP contribution in [0.2, 0.25) is 0 Å². The first kappa shape index (κ1) is 16.7. The Morgan fingerprint density at radius 3 is 2.52 bits per heavy atom. The summed E-state index contributed by atoms with van der Waals surface area (Å²) < 4.78 is 19.8. The molecule has 128 valence electrons. The molecule has 0 aliphatic carbocycles. The van der Waals surface area contributed by atoms with E-state index in [-0.39, 0.29) is 5.82 Å². The summed E-state index contributed by atoms with van der Waals surface area (Å²) in [5.41, 5.74) is 1.94. The molecule has 0 N–H and O–H groups in total. The van der Waals surface area contributed by atoms with Crippen molar-refractivity contribution in [2.24, 2.45) is 0 Å². The van der Waals surface area contributed by atoms with Gasteiger partial charge in [-0.3, -0.25) is 0 Å². The Hall–Kier alpha value is -1.17. The van der Waals surface area contributed by atoms with Crippen molar-refractivity contribution >= 4 is 5.69 Å². The second-order valence-corrected chi connectivity index (χ2v) is 6.60. The first-order chi connectivity index (χ1) is 11.2. The fourth-order valence-electron chi connectivity index (χ4n) is 3.47. The maximum atomic E-state index is 14.4. The molecule has 0 aromatic heterocycles. The predicted octanol–water partition coefficient (Wildman–Crippen LogP) is 1.84. The number of aryl methyl sites for hydroxylation is 1. The molecule has 0 bridgehead atoms. The van der Waals surface area contributed by atoms with Crippen molar-refractivity contribution < 1.29 is 9.13 Å². The van der Waals surface area contributed by atoms with Gasteiger partial charge in [0.05, 0.1) is 18.9 Å². The first-order valence-electron chi connectivity index (χ1n) is 8.75. The molecular weight excluding hydrogens is 293 g/mol. The molecule has 0 amide bonds. The lowest BCUT2D eigenvalue weighted by Gasteiger charge is -2.33. The molecule has 3 rings (SSSR count). The monoisotopic (exact) mass is 321 g/mol. The standard InChI is InChI=1S/C18H28FN3O/c1-20-8-10-21(11-9-20)7-3-5-16-4-2-6-17(19)18(16)22-12-14-23-15-13-22/h2,4,6H,3,5,7-15H2,1H3. The quantitative estimate of drug-likeness (QED) is 0.824. The summed E-state index contributed by atoms with van der Waals surface area (Å²) in [6.07, 6.45) is 2.03. The lowest BCUT2D eigenvalue weighted by atomic mass is 10.1. The molecule has 0 radical (unpaired) electrons. The number of para-hydroxylation sites is 1. The van der Waals surface area contributed by atoms with Gasteiger partial charge in [-0.1, -0.05) is 12.1 Å². The van der Waals surface area contributed by atoms with E-state index in [2.05, 4.69) is 27.8 Å². The second kappa shape index (κ2) is 8.08. The number of hydrogen-bond donors (Lipinski definition) is 0. The Bertz CT molecular complexity index is 497. The molecule has 4 nitrogen and oxygen atoms in total. The summed E-state index contributed by atoms with van der Waals surface area (Å²) in [4.78, 5) is 7.04. The van der Waals surface area contributed by atoms with Crippen LogP contribution in [0.3, 0.4) is 0 Å². The van der Waals surface area contributed by atoms with Gasteiger partial charge in [-0.25, -0.2) is 4.39 Å². The highest BCUT2D eigenvalue weighted by atomic mass is 19.1. The number of benzene rings is 1. The minimum absolute atomic E-state index is 0.0935. The number of halogens is 1. The third-order valence-electron chi connectivity index (χ3n) is 4.91. The number of morpholine rings is 1. The number of likely N-dealkylation sites (N-methyl/N-ethyl adjacent to an activating group) is 1. The summed E-state index contributed by atoms with van der Waals surface area (Å²) in [6, 6.07) is 5.50. The molecule has 2 aliphatic heterocycles. The van der Waals surface area contributed by atoms with Crippen LogP contribution < -0.4 is 4.90 Å². The van der Waals surface area contributed by atoms with Gasteiger partial charge in [-0.2, -0.15) is 0 Å². The van der Waals surface area contributed by atoms with Gasteiger partial charge >= 0.3 is 0 Å². The minimum atomic E-state index is -0.0935. The molecule has 0 atom stereocenters. The number of piperazine rings is 1. The molecule has 2 aliphatic rings. The maximum absolute atomic E-state index is 14.4. The average Bonchev–Trinajstić information content (AvgIpc) is 2.58. The summed E-state index contributed by atoms with van der Waals surface area (Å²) in [5, 5.41) is 0. The Balaban J connectivity index is 1.58. The molecule has 0 saturated carbocycles. The number of ether oxygens (including phenoxy) is 1. The molecular formula is C18H28FN3O. The Morgan fingerprint density at radius 1 is 1.04 bits per heavy atom. The van der Waals surface area contributed by atoms with Gasteiger partial charge in [-0.05, 0) is 38.1 Å². The molecule has 5 heteroatoms. The fourth-order valence-corrected chi connectivity index (χ4v) is 3.47. The molecule has 2 fully saturated rings. The van der Waals surface area contributed by atoms with Gasteiger partial charge in [0.15, 0.2) is 0 Å². The first-order valence-corrected chi connectivity index (χ1v) is 8.75. The maximum Gasteiger partial charge on any atom is 0.146 e. The lowest BCUT2D eigenvalue weighted by Crippen LogP contribution is -2.44. The van der Waals surface area contributed by atoms with Crippen LogP contribution in [0, 0.1) is 5.82 Å². The third kappa shape index (κ3) is 4.43. The number of anilines is 1. The Morgan fingerprint density at radius 2 is 1.78 bits per heavy atom. The molecule has 2 saturated heterocycles. The van der Waals surface area contributed by atoms with E-state index in [1.54, 1.807) is 6.07 Å². The lowest BCUT2D eigenvalue weighted by molar-refractivity contribution is 0.122. The smallest absolute Gasteiger partial charge is 0.146 e. The van der Waals surface area contributed by atoms with Crippen LogP contribution in [0.15, 0.2) is 18.2 Å². The highest BCUT2D eigenvalue weighted by Gasteiger charge is 2.19. The highest BCUT2D eigenvalue weighted by Crippen LogP contribution is 2.26. The average molecular weight is 321 g/mol. The van der Waals surface area contributed by atoms with Crippen LogP contribution in [0.4, 0.5) is 10.1 Å². The Labute approximate surface area is 138 Å². The number of hydrogen-bond acceptors (Lipinski definition) is 4. The molecule has 1 aromatic rings. The highest BCUT2D eigenvalue weighted by molar-refractivity contribution is 5.55. The summed E-state index contributed by atoms with van der Waals surface area (Å²) >= 11 is 0. The van der Waals surface area contributed by atoms with Crippen molar-refractivity contribution in [1.82, 2.24) is 9.80 Å². The SMILES string of the molecule is CN1CCN(CCCc2cccc(F)c2N2CCOCC2)CC1. The fraction of sp³-hybridized carbons (Fsp3) is 0.667. The van der Waals surface area contributed by atoms with Crippen LogP contribution >= 0.6 is 0 Å². The van der Waals surface area contributed by atoms with Gasteiger partial charge in [-0.15, -0.1) is 0 Å². The van der Waals surface area contributed by atoms with Gasteiger partial charge < -0.3 is 19.4 Å². The molecule has 1 aromatic carbocycles. The number of rotatable bonds is 5. The van der Waals surface area contributed by atoms with Crippen molar-refractivity contribution in [3.05, 3.63) is 29.6 Å². The van der Waals surface area contributed by atoms with Gasteiger partial charge in [0.1, 0.15) is 5.82 Å². The van der Waals surface area contributed by atoms with E-state index >= 15 is 0 Å². The van der Waals surface area contributed by atoms with Gasteiger partial charge in [0.2, 0.25) is 0 Å². The predicted molar refractivity (Wildman–Crippen MR) is 91.7 cm³/mol. The van der Waals surface area contributed by atoms with E-state index in [9.17, 15) is 4.39 Å². The van der Waals surface area contributed by atoms with Crippen LogP contribution in [0.25, 0.3) is 0 Å². The zero-order valence-corrected chi connectivity index (χ0v) is 14.1.